The molecule has 1 heterocycles. The molecule has 0 aromatic heterocycles. The van der Waals surface area contributed by atoms with Crippen LogP contribution in [0.25, 0.3) is 0 Å². The fourth-order valence-electron chi connectivity index (χ4n) is 6.68. The lowest BCUT2D eigenvalue weighted by molar-refractivity contribution is -0.127. The maximum Gasteiger partial charge on any atom is 0.243 e. The van der Waals surface area contributed by atoms with Crippen LogP contribution >= 0.6 is 11.6 Å². The van der Waals surface area contributed by atoms with Gasteiger partial charge in [0, 0.05) is 25.0 Å². The molecule has 8 heteroatoms. The third-order valence-electron chi connectivity index (χ3n) is 8.11. The first-order chi connectivity index (χ1) is 14.3. The van der Waals surface area contributed by atoms with E-state index in [1.165, 1.54) is 36.1 Å². The summed E-state index contributed by atoms with van der Waals surface area (Å²) in [4.78, 5) is 12.9. The summed E-state index contributed by atoms with van der Waals surface area (Å²) in [7, 11) is -3.74. The van der Waals surface area contributed by atoms with Crippen molar-refractivity contribution in [2.75, 3.05) is 13.1 Å². The van der Waals surface area contributed by atoms with Crippen LogP contribution in [0.2, 0.25) is 5.02 Å². The molecule has 5 nitrogen and oxygen atoms in total. The van der Waals surface area contributed by atoms with Gasteiger partial charge in [-0.1, -0.05) is 18.0 Å². The maximum atomic E-state index is 13.4. The van der Waals surface area contributed by atoms with Gasteiger partial charge in [0.15, 0.2) is 0 Å². The molecule has 1 aromatic carbocycles. The Kier molecular flexibility index (Phi) is 5.35. The molecule has 5 rings (SSSR count). The first-order valence-electron chi connectivity index (χ1n) is 11.1. The highest BCUT2D eigenvalue weighted by atomic mass is 35.5. The van der Waals surface area contributed by atoms with Crippen molar-refractivity contribution in [3.8, 4) is 0 Å². The highest BCUT2D eigenvalue weighted by Crippen LogP contribution is 2.58. The molecule has 4 aliphatic rings. The van der Waals surface area contributed by atoms with E-state index in [-0.39, 0.29) is 34.8 Å². The summed E-state index contributed by atoms with van der Waals surface area (Å²) >= 11 is 5.75. The van der Waals surface area contributed by atoms with Crippen molar-refractivity contribution in [3.63, 3.8) is 0 Å². The topological polar surface area (TPSA) is 66.5 Å². The first kappa shape index (κ1) is 20.7. The number of sulfonamides is 1. The van der Waals surface area contributed by atoms with Gasteiger partial charge in [-0.15, -0.1) is 0 Å². The van der Waals surface area contributed by atoms with Crippen LogP contribution in [0, 0.1) is 35.4 Å². The lowest BCUT2D eigenvalue weighted by atomic mass is 9.79. The highest BCUT2D eigenvalue weighted by Gasteiger charge is 2.54. The molecule has 164 valence electrons. The van der Waals surface area contributed by atoms with Crippen LogP contribution in [0.5, 0.6) is 0 Å². The van der Waals surface area contributed by atoms with E-state index >= 15 is 0 Å². The van der Waals surface area contributed by atoms with Crippen molar-refractivity contribution in [2.45, 2.75) is 55.9 Å². The van der Waals surface area contributed by atoms with Gasteiger partial charge in [-0.25, -0.2) is 12.8 Å². The molecule has 5 atom stereocenters. The van der Waals surface area contributed by atoms with E-state index in [1.54, 1.807) is 0 Å². The van der Waals surface area contributed by atoms with E-state index in [0.717, 1.165) is 36.3 Å². The van der Waals surface area contributed by atoms with Crippen LogP contribution in [-0.2, 0) is 14.8 Å². The molecule has 1 aliphatic heterocycles. The molecular formula is C22H28ClFN2O3S. The molecule has 30 heavy (non-hydrogen) atoms. The Balaban J connectivity index is 1.18. The number of carbonyl (C=O) groups excluding carboxylic acids is 1. The summed E-state index contributed by atoms with van der Waals surface area (Å²) in [5.74, 6) is 2.45. The number of halogens is 2. The Hall–Kier alpha value is -1.18. The normalized spacial score (nSPS) is 34.3. The van der Waals surface area contributed by atoms with E-state index in [0.29, 0.717) is 24.8 Å². The zero-order valence-electron chi connectivity index (χ0n) is 16.9. The first-order valence-corrected chi connectivity index (χ1v) is 12.9. The number of piperidine rings is 1. The van der Waals surface area contributed by atoms with Crippen molar-refractivity contribution < 1.29 is 17.6 Å². The highest BCUT2D eigenvalue weighted by molar-refractivity contribution is 7.89. The number of benzene rings is 1. The van der Waals surface area contributed by atoms with Crippen molar-refractivity contribution in [2.24, 2.45) is 29.6 Å². The molecule has 3 saturated carbocycles. The van der Waals surface area contributed by atoms with Gasteiger partial charge < -0.3 is 5.32 Å². The number of carbonyl (C=O) groups is 1. The second kappa shape index (κ2) is 7.75. The third-order valence-corrected chi connectivity index (χ3v) is 10.3. The number of fused-ring (bicyclic) bond motifs is 5. The van der Waals surface area contributed by atoms with Crippen LogP contribution in [0.3, 0.4) is 0 Å². The van der Waals surface area contributed by atoms with Gasteiger partial charge in [0.25, 0.3) is 0 Å². The fourth-order valence-corrected chi connectivity index (χ4v) is 8.42. The Morgan fingerprint density at radius 1 is 1.07 bits per heavy atom. The number of hydrogen-bond acceptors (Lipinski definition) is 3. The molecule has 1 saturated heterocycles. The maximum absolute atomic E-state index is 13.4. The van der Waals surface area contributed by atoms with E-state index in [1.807, 2.05) is 0 Å². The van der Waals surface area contributed by atoms with Gasteiger partial charge in [-0.3, -0.25) is 4.79 Å². The van der Waals surface area contributed by atoms with Crippen LogP contribution in [0.15, 0.2) is 23.1 Å². The monoisotopic (exact) mass is 454 g/mol. The quantitative estimate of drug-likeness (QED) is 0.752. The number of amides is 1. The lowest BCUT2D eigenvalue weighted by Crippen LogP contribution is -2.48. The smallest absolute Gasteiger partial charge is 0.243 e. The minimum Gasteiger partial charge on any atom is -0.353 e. The number of rotatable bonds is 4. The number of nitrogens with zero attached hydrogens (tertiary/aromatic N) is 1. The van der Waals surface area contributed by atoms with E-state index in [4.69, 9.17) is 11.6 Å². The van der Waals surface area contributed by atoms with Crippen LogP contribution in [-0.4, -0.2) is 37.8 Å². The Morgan fingerprint density at radius 3 is 2.53 bits per heavy atom. The minimum absolute atomic E-state index is 0.00935. The van der Waals surface area contributed by atoms with Gasteiger partial charge in [-0.05, 0) is 80.4 Å². The molecular weight excluding hydrogens is 427 g/mol. The summed E-state index contributed by atoms with van der Waals surface area (Å²) in [6.45, 7) is 0.577. The van der Waals surface area contributed by atoms with Crippen LogP contribution < -0.4 is 5.32 Å². The molecule has 1 N–H and O–H groups in total. The molecule has 3 aliphatic carbocycles. The summed E-state index contributed by atoms with van der Waals surface area (Å²) in [5, 5.41) is 3.12. The van der Waals surface area contributed by atoms with Gasteiger partial charge in [-0.2, -0.15) is 4.31 Å². The summed E-state index contributed by atoms with van der Waals surface area (Å²) in [6, 6.07) is 3.77. The molecule has 0 spiro atoms. The summed E-state index contributed by atoms with van der Waals surface area (Å²) < 4.78 is 40.4. The zero-order chi connectivity index (χ0) is 21.0. The van der Waals surface area contributed by atoms with Crippen molar-refractivity contribution in [1.82, 2.24) is 9.62 Å². The Labute approximate surface area is 182 Å². The SMILES string of the molecule is O=C(NC1CC2CC1C1CCCC21)C1CCN(S(=O)(=O)c2ccc(F)c(Cl)c2)CC1. The largest absolute Gasteiger partial charge is 0.353 e. The average Bonchev–Trinajstić information content (AvgIpc) is 3.43. The third kappa shape index (κ3) is 3.47. The zero-order valence-corrected chi connectivity index (χ0v) is 18.5. The summed E-state index contributed by atoms with van der Waals surface area (Å²) in [6.07, 6.45) is 7.45. The molecule has 4 fully saturated rings. The number of nitrogens with one attached hydrogen (secondary N) is 1. The Bertz CT molecular complexity index is 948. The van der Waals surface area contributed by atoms with Crippen LogP contribution in [0.1, 0.15) is 44.9 Å². The molecule has 2 bridgehead atoms. The predicted molar refractivity (Wildman–Crippen MR) is 112 cm³/mol. The standard InChI is InChI=1S/C22H28ClFN2O3S/c23-19-12-15(4-5-20(19)24)30(28,29)26-8-6-13(7-9-26)22(27)25-21-11-14-10-18(21)17-3-1-2-16(14)17/h4-5,12-14,16-18,21H,1-3,6-11H2,(H,25,27). The molecule has 1 amide bonds. The average molecular weight is 455 g/mol. The number of hydrogen-bond donors (Lipinski definition) is 1. The van der Waals surface area contributed by atoms with Crippen molar-refractivity contribution in [3.05, 3.63) is 29.0 Å². The van der Waals surface area contributed by atoms with Crippen molar-refractivity contribution >= 4 is 27.5 Å². The summed E-state index contributed by atoms with van der Waals surface area (Å²) in [5.41, 5.74) is 0. The van der Waals surface area contributed by atoms with Gasteiger partial charge in [0.2, 0.25) is 15.9 Å². The van der Waals surface area contributed by atoms with Crippen molar-refractivity contribution in [1.29, 1.82) is 0 Å². The second-order valence-electron chi connectivity index (χ2n) is 9.52. The molecule has 1 aromatic rings. The second-order valence-corrected chi connectivity index (χ2v) is 11.9. The van der Waals surface area contributed by atoms with E-state index < -0.39 is 15.8 Å². The van der Waals surface area contributed by atoms with Gasteiger partial charge >= 0.3 is 0 Å². The van der Waals surface area contributed by atoms with Gasteiger partial charge in [0.1, 0.15) is 5.82 Å². The Morgan fingerprint density at radius 2 is 1.80 bits per heavy atom. The van der Waals surface area contributed by atoms with Gasteiger partial charge in [0.05, 0.1) is 9.92 Å². The molecule has 5 unspecified atom stereocenters. The van der Waals surface area contributed by atoms with Crippen LogP contribution in [0.4, 0.5) is 4.39 Å². The predicted octanol–water partition coefficient (Wildman–Crippen LogP) is 3.82. The molecule has 0 radical (unpaired) electrons. The van der Waals surface area contributed by atoms with E-state index in [2.05, 4.69) is 5.32 Å². The van der Waals surface area contributed by atoms with E-state index in [9.17, 15) is 17.6 Å². The fraction of sp³-hybridized carbons (Fsp3) is 0.682. The minimum atomic E-state index is -3.74. The lowest BCUT2D eigenvalue weighted by Gasteiger charge is -2.35.